The summed E-state index contributed by atoms with van der Waals surface area (Å²) < 4.78 is 2.25. The molecule has 4 aromatic carbocycles. The lowest BCUT2D eigenvalue weighted by atomic mass is 9.85. The Hall–Kier alpha value is -2.98. The van der Waals surface area contributed by atoms with Crippen LogP contribution < -0.4 is 0 Å². The van der Waals surface area contributed by atoms with Crippen LogP contribution in [0.25, 0.3) is 16.7 Å². The highest BCUT2D eigenvalue weighted by atomic mass is 35.5. The van der Waals surface area contributed by atoms with Gasteiger partial charge in [-0.1, -0.05) is 53.5 Å². The van der Waals surface area contributed by atoms with Crippen LogP contribution in [0.15, 0.2) is 91.0 Å². The smallest absolute Gasteiger partial charge is 0.117 e. The number of imidazole rings is 1. The first-order valence-electron chi connectivity index (χ1n) is 11.4. The first-order valence-corrected chi connectivity index (χ1v) is 12.1. The Balaban J connectivity index is 0.00000253. The van der Waals surface area contributed by atoms with Gasteiger partial charge in [-0.15, -0.1) is 12.4 Å². The molecule has 0 aliphatic heterocycles. The van der Waals surface area contributed by atoms with Crippen LogP contribution in [0.5, 0.6) is 5.75 Å². The van der Waals surface area contributed by atoms with Gasteiger partial charge in [0.2, 0.25) is 0 Å². The molecule has 0 bridgehead atoms. The number of aromatic nitrogens is 2. The maximum absolute atomic E-state index is 9.82. The zero-order valence-electron chi connectivity index (χ0n) is 18.7. The van der Waals surface area contributed by atoms with Gasteiger partial charge in [0.1, 0.15) is 11.6 Å². The van der Waals surface area contributed by atoms with Crippen molar-refractivity contribution in [3.63, 3.8) is 0 Å². The minimum atomic E-state index is 0. The van der Waals surface area contributed by atoms with Gasteiger partial charge in [-0.2, -0.15) is 0 Å². The van der Waals surface area contributed by atoms with Crippen LogP contribution in [0.2, 0.25) is 10.0 Å². The van der Waals surface area contributed by atoms with E-state index in [-0.39, 0.29) is 24.1 Å². The van der Waals surface area contributed by atoms with Gasteiger partial charge in [0, 0.05) is 27.6 Å². The molecule has 0 amide bonds. The summed E-state index contributed by atoms with van der Waals surface area (Å²) in [4.78, 5) is 5.01. The monoisotopic (exact) mass is 520 g/mol. The Bertz CT molecular complexity index is 1430. The summed E-state index contributed by atoms with van der Waals surface area (Å²) in [7, 11) is 0. The van der Waals surface area contributed by atoms with Gasteiger partial charge in [-0.05, 0) is 90.2 Å². The zero-order valence-corrected chi connectivity index (χ0v) is 21.1. The minimum absolute atomic E-state index is 0. The molecule has 1 heterocycles. The number of nitrogens with zero attached hydrogens (tertiary/aromatic N) is 2. The number of benzene rings is 4. The molecule has 5 aromatic rings. The zero-order chi connectivity index (χ0) is 23.2. The van der Waals surface area contributed by atoms with Crippen molar-refractivity contribution in [2.24, 2.45) is 0 Å². The number of hydrogen-bond donors (Lipinski definition) is 1. The second kappa shape index (κ2) is 9.58. The molecule has 35 heavy (non-hydrogen) atoms. The molecule has 6 heteroatoms. The maximum atomic E-state index is 9.82. The van der Waals surface area contributed by atoms with Crippen LogP contribution in [0.3, 0.4) is 0 Å². The van der Waals surface area contributed by atoms with E-state index in [0.29, 0.717) is 16.0 Å². The molecule has 0 atom stereocenters. The Morgan fingerprint density at radius 1 is 0.743 bits per heavy atom. The maximum Gasteiger partial charge on any atom is 0.117 e. The summed E-state index contributed by atoms with van der Waals surface area (Å²) in [6.45, 7) is 0. The predicted molar refractivity (Wildman–Crippen MR) is 146 cm³/mol. The number of rotatable bonds is 5. The number of phenols is 1. The van der Waals surface area contributed by atoms with E-state index < -0.39 is 0 Å². The van der Waals surface area contributed by atoms with Crippen LogP contribution in [-0.2, 0) is 0 Å². The number of halogens is 3. The average molecular weight is 522 g/mol. The van der Waals surface area contributed by atoms with Crippen LogP contribution in [0, 0.1) is 0 Å². The highest BCUT2D eigenvalue weighted by Gasteiger charge is 2.30. The van der Waals surface area contributed by atoms with E-state index >= 15 is 0 Å². The van der Waals surface area contributed by atoms with Gasteiger partial charge in [-0.25, -0.2) is 4.98 Å². The second-order valence-electron chi connectivity index (χ2n) is 8.88. The lowest BCUT2D eigenvalue weighted by Gasteiger charge is -2.20. The van der Waals surface area contributed by atoms with E-state index in [2.05, 4.69) is 47.0 Å². The molecule has 1 aliphatic rings. The van der Waals surface area contributed by atoms with Crippen LogP contribution in [0.1, 0.15) is 47.2 Å². The number of aromatic hydroxyl groups is 1. The summed E-state index contributed by atoms with van der Waals surface area (Å²) in [6, 6.07) is 30.0. The van der Waals surface area contributed by atoms with Gasteiger partial charge < -0.3 is 5.11 Å². The Kier molecular flexibility index (Phi) is 6.50. The van der Waals surface area contributed by atoms with E-state index in [1.165, 1.54) is 5.56 Å². The molecule has 3 nitrogen and oxygen atoms in total. The fourth-order valence-corrected chi connectivity index (χ4v) is 4.92. The summed E-state index contributed by atoms with van der Waals surface area (Å²) in [5.74, 6) is 1.85. The van der Waals surface area contributed by atoms with Crippen molar-refractivity contribution in [1.29, 1.82) is 0 Å². The Labute approximate surface area is 220 Å². The molecule has 176 valence electrons. The highest BCUT2D eigenvalue weighted by molar-refractivity contribution is 6.30. The molecule has 1 aromatic heterocycles. The van der Waals surface area contributed by atoms with Crippen molar-refractivity contribution < 1.29 is 5.11 Å². The van der Waals surface area contributed by atoms with Crippen LogP contribution in [-0.4, -0.2) is 14.7 Å². The number of hydrogen-bond acceptors (Lipinski definition) is 2. The lowest BCUT2D eigenvalue weighted by Crippen LogP contribution is -2.04. The first kappa shape index (κ1) is 23.7. The Morgan fingerprint density at radius 3 is 1.83 bits per heavy atom. The standard InChI is InChI=1S/C29H22Cl2N2O.ClH/c30-22-8-3-18(4-9-22)28(19-5-10-23(31)11-6-19)21-7-16-26-27(17-21)33(29(32-26)20-1-2-20)24-12-14-25(34)15-13-24;/h3-17,20,28,34H,1-2H2;1H. The number of fused-ring (bicyclic) bond motifs is 1. The van der Waals surface area contributed by atoms with E-state index in [4.69, 9.17) is 28.2 Å². The SMILES string of the molecule is Cl.Oc1ccc(-n2c(C3CC3)nc3ccc(C(c4ccc(Cl)cc4)c4ccc(Cl)cc4)cc32)cc1. The van der Waals surface area contributed by atoms with E-state index in [9.17, 15) is 5.11 Å². The van der Waals surface area contributed by atoms with Gasteiger partial charge in [0.25, 0.3) is 0 Å². The van der Waals surface area contributed by atoms with Crippen molar-refractivity contribution in [3.8, 4) is 11.4 Å². The molecule has 1 N–H and O–H groups in total. The van der Waals surface area contributed by atoms with E-state index in [0.717, 1.165) is 46.5 Å². The predicted octanol–water partition coefficient (Wildman–Crippen LogP) is 8.52. The topological polar surface area (TPSA) is 38.0 Å². The molecule has 6 rings (SSSR count). The average Bonchev–Trinajstić information content (AvgIpc) is 3.63. The molecular weight excluding hydrogens is 499 g/mol. The molecule has 0 spiro atoms. The van der Waals surface area contributed by atoms with E-state index in [1.54, 1.807) is 12.1 Å². The van der Waals surface area contributed by atoms with Crippen molar-refractivity contribution in [1.82, 2.24) is 9.55 Å². The third kappa shape index (κ3) is 4.64. The minimum Gasteiger partial charge on any atom is -0.508 e. The van der Waals surface area contributed by atoms with Gasteiger partial charge in [-0.3, -0.25) is 4.57 Å². The fraction of sp³-hybridized carbons (Fsp3) is 0.138. The molecule has 1 saturated carbocycles. The Morgan fingerprint density at radius 2 is 1.29 bits per heavy atom. The van der Waals surface area contributed by atoms with Crippen LogP contribution in [0.4, 0.5) is 0 Å². The fourth-order valence-electron chi connectivity index (χ4n) is 4.67. The van der Waals surface area contributed by atoms with Crippen molar-refractivity contribution in [2.45, 2.75) is 24.7 Å². The van der Waals surface area contributed by atoms with Gasteiger partial charge in [0.05, 0.1) is 11.0 Å². The molecule has 0 radical (unpaired) electrons. The van der Waals surface area contributed by atoms with Crippen LogP contribution >= 0.6 is 35.6 Å². The highest BCUT2D eigenvalue weighted by Crippen LogP contribution is 2.43. The molecule has 1 fully saturated rings. The quantitative estimate of drug-likeness (QED) is 0.235. The van der Waals surface area contributed by atoms with E-state index in [1.807, 2.05) is 36.4 Å². The summed E-state index contributed by atoms with van der Waals surface area (Å²) in [6.07, 6.45) is 2.32. The van der Waals surface area contributed by atoms with Crippen molar-refractivity contribution in [3.05, 3.63) is 124 Å². The normalized spacial score (nSPS) is 13.2. The van der Waals surface area contributed by atoms with Crippen molar-refractivity contribution >= 4 is 46.6 Å². The third-order valence-electron chi connectivity index (χ3n) is 6.49. The van der Waals surface area contributed by atoms with Crippen molar-refractivity contribution in [2.75, 3.05) is 0 Å². The van der Waals surface area contributed by atoms with Gasteiger partial charge >= 0.3 is 0 Å². The lowest BCUT2D eigenvalue weighted by molar-refractivity contribution is 0.475. The summed E-state index contributed by atoms with van der Waals surface area (Å²) in [5, 5.41) is 11.3. The molecule has 0 unspecified atom stereocenters. The third-order valence-corrected chi connectivity index (χ3v) is 7.00. The molecule has 1 aliphatic carbocycles. The molecule has 0 saturated heterocycles. The second-order valence-corrected chi connectivity index (χ2v) is 9.75. The summed E-state index contributed by atoms with van der Waals surface area (Å²) >= 11 is 12.4. The number of phenolic OH excluding ortho intramolecular Hbond substituents is 1. The molecular formula is C29H23Cl3N2O. The largest absolute Gasteiger partial charge is 0.508 e. The van der Waals surface area contributed by atoms with Gasteiger partial charge in [0.15, 0.2) is 0 Å². The first-order chi connectivity index (χ1) is 16.6. The summed E-state index contributed by atoms with van der Waals surface area (Å²) in [5.41, 5.74) is 6.53.